The maximum Gasteiger partial charge on any atom is 0.340 e. The number of esters is 2. The van der Waals surface area contributed by atoms with Crippen molar-refractivity contribution in [1.29, 1.82) is 0 Å². The normalized spacial score (nSPS) is 18.8. The second kappa shape index (κ2) is 6.32. The van der Waals surface area contributed by atoms with E-state index in [2.05, 4.69) is 0 Å². The summed E-state index contributed by atoms with van der Waals surface area (Å²) in [5.41, 5.74) is 6.98. The number of nitrogens with zero attached hydrogens (tertiary/aromatic N) is 1. The fraction of sp³-hybridized carbons (Fsp3) is 0.438. The van der Waals surface area contributed by atoms with E-state index in [0.29, 0.717) is 22.4 Å². The molecule has 1 heterocycles. The maximum absolute atomic E-state index is 12.7. The maximum atomic E-state index is 12.7. The van der Waals surface area contributed by atoms with Crippen molar-refractivity contribution in [3.63, 3.8) is 0 Å². The molecule has 1 unspecified atom stereocenters. The van der Waals surface area contributed by atoms with Crippen LogP contribution in [0.15, 0.2) is 0 Å². The highest BCUT2D eigenvalue weighted by Crippen LogP contribution is 2.48. The van der Waals surface area contributed by atoms with E-state index in [-0.39, 0.29) is 23.7 Å². The van der Waals surface area contributed by atoms with E-state index >= 15 is 0 Å². The van der Waals surface area contributed by atoms with Crippen LogP contribution in [0.1, 0.15) is 34.0 Å². The van der Waals surface area contributed by atoms with E-state index in [4.69, 9.17) is 15.2 Å². The summed E-state index contributed by atoms with van der Waals surface area (Å²) in [6.07, 6.45) is 0. The predicted molar refractivity (Wildman–Crippen MR) is 91.7 cm³/mol. The van der Waals surface area contributed by atoms with Crippen molar-refractivity contribution in [2.24, 2.45) is 0 Å². The van der Waals surface area contributed by atoms with Crippen LogP contribution in [0.25, 0.3) is 0 Å². The fourth-order valence-corrected chi connectivity index (χ4v) is 3.34. The number of benzene rings is 1. The van der Waals surface area contributed by atoms with Gasteiger partial charge in [0.15, 0.2) is 5.41 Å². The lowest BCUT2D eigenvalue weighted by Crippen LogP contribution is -2.43. The number of rotatable bonds is 2. The zero-order valence-electron chi connectivity index (χ0n) is 14.5. The van der Waals surface area contributed by atoms with Crippen LogP contribution in [0.3, 0.4) is 0 Å². The summed E-state index contributed by atoms with van der Waals surface area (Å²) in [4.78, 5) is 38.4. The summed E-state index contributed by atoms with van der Waals surface area (Å²) in [7, 11) is 4.05. The highest BCUT2D eigenvalue weighted by Gasteiger charge is 2.55. The molecular formula is C16H21ClN2O5. The van der Waals surface area contributed by atoms with Crippen LogP contribution in [0.4, 0.5) is 11.4 Å². The van der Waals surface area contributed by atoms with Crippen LogP contribution in [0.5, 0.6) is 0 Å². The van der Waals surface area contributed by atoms with Crippen molar-refractivity contribution in [2.75, 3.05) is 31.9 Å². The number of halogens is 1. The van der Waals surface area contributed by atoms with Gasteiger partial charge in [-0.1, -0.05) is 0 Å². The van der Waals surface area contributed by atoms with Crippen molar-refractivity contribution >= 4 is 41.6 Å². The quantitative estimate of drug-likeness (QED) is 0.490. The molecule has 1 aliphatic rings. The Balaban J connectivity index is 0.00000288. The first kappa shape index (κ1) is 19.8. The van der Waals surface area contributed by atoms with E-state index in [1.807, 2.05) is 0 Å². The smallest absolute Gasteiger partial charge is 0.340 e. The molecule has 8 heteroatoms. The molecule has 1 aromatic rings. The van der Waals surface area contributed by atoms with Gasteiger partial charge in [-0.3, -0.25) is 9.59 Å². The molecule has 0 aliphatic carbocycles. The van der Waals surface area contributed by atoms with E-state index in [1.165, 1.54) is 26.0 Å². The van der Waals surface area contributed by atoms with Crippen LogP contribution in [0.2, 0.25) is 0 Å². The number of likely N-dealkylation sites (N-methyl/N-ethyl adjacent to an activating group) is 1. The van der Waals surface area contributed by atoms with Gasteiger partial charge in [-0.05, 0) is 31.9 Å². The first-order chi connectivity index (χ1) is 10.6. The molecule has 0 saturated heterocycles. The fourth-order valence-electron chi connectivity index (χ4n) is 3.34. The number of carbonyl (C=O) groups is 3. The lowest BCUT2D eigenvalue weighted by Gasteiger charge is -2.23. The molecule has 0 radical (unpaired) electrons. The number of amides is 1. The Morgan fingerprint density at radius 1 is 1.12 bits per heavy atom. The molecule has 2 rings (SSSR count). The number of nitrogens with two attached hydrogens (primary N) is 1. The largest absolute Gasteiger partial charge is 0.468 e. The summed E-state index contributed by atoms with van der Waals surface area (Å²) in [6.45, 7) is 4.86. The molecule has 0 spiro atoms. The number of hydrogen-bond donors (Lipinski definition) is 1. The van der Waals surface area contributed by atoms with Crippen molar-refractivity contribution in [3.05, 3.63) is 22.3 Å². The average Bonchev–Trinajstić information content (AvgIpc) is 2.74. The second-order valence-electron chi connectivity index (χ2n) is 5.73. The van der Waals surface area contributed by atoms with E-state index in [9.17, 15) is 14.4 Å². The number of anilines is 2. The minimum Gasteiger partial charge on any atom is -0.468 e. The predicted octanol–water partition coefficient (Wildman–Crippen LogP) is 1.50. The molecule has 2 N–H and O–H groups in total. The Hall–Kier alpha value is -2.28. The van der Waals surface area contributed by atoms with Gasteiger partial charge in [0.25, 0.3) is 0 Å². The molecule has 132 valence electrons. The van der Waals surface area contributed by atoms with Gasteiger partial charge >= 0.3 is 11.9 Å². The molecule has 1 aliphatic heterocycles. The molecule has 1 atom stereocenters. The van der Waals surface area contributed by atoms with E-state index in [1.54, 1.807) is 20.9 Å². The van der Waals surface area contributed by atoms with Crippen LogP contribution < -0.4 is 10.6 Å². The van der Waals surface area contributed by atoms with Gasteiger partial charge in [0.1, 0.15) is 0 Å². The number of ether oxygens (including phenoxy) is 2. The van der Waals surface area contributed by atoms with Gasteiger partial charge < -0.3 is 20.1 Å². The topological polar surface area (TPSA) is 98.9 Å². The van der Waals surface area contributed by atoms with Crippen molar-refractivity contribution in [1.82, 2.24) is 0 Å². The monoisotopic (exact) mass is 356 g/mol. The lowest BCUT2D eigenvalue weighted by molar-refractivity contribution is -0.150. The van der Waals surface area contributed by atoms with Crippen LogP contribution in [0, 0.1) is 13.8 Å². The average molecular weight is 357 g/mol. The molecule has 1 amide bonds. The third-order valence-corrected chi connectivity index (χ3v) is 4.57. The molecule has 0 fully saturated rings. The summed E-state index contributed by atoms with van der Waals surface area (Å²) < 4.78 is 9.61. The second-order valence-corrected chi connectivity index (χ2v) is 5.73. The van der Waals surface area contributed by atoms with Crippen molar-refractivity contribution in [3.8, 4) is 0 Å². The minimum absolute atomic E-state index is 0. The van der Waals surface area contributed by atoms with Crippen LogP contribution in [-0.4, -0.2) is 39.1 Å². The van der Waals surface area contributed by atoms with Crippen molar-refractivity contribution in [2.45, 2.75) is 26.2 Å². The molecule has 7 nitrogen and oxygen atoms in total. The highest BCUT2D eigenvalue weighted by atomic mass is 35.5. The molecule has 0 aromatic heterocycles. The van der Waals surface area contributed by atoms with Gasteiger partial charge in [0.05, 0.1) is 25.5 Å². The van der Waals surface area contributed by atoms with E-state index < -0.39 is 23.3 Å². The first-order valence-electron chi connectivity index (χ1n) is 7.02. The summed E-state index contributed by atoms with van der Waals surface area (Å²) >= 11 is 0. The van der Waals surface area contributed by atoms with Gasteiger partial charge in [-0.2, -0.15) is 0 Å². The number of hydrogen-bond acceptors (Lipinski definition) is 6. The molecule has 24 heavy (non-hydrogen) atoms. The van der Waals surface area contributed by atoms with Gasteiger partial charge in [-0.15, -0.1) is 12.4 Å². The number of methoxy groups -OCH3 is 2. The Labute approximate surface area is 146 Å². The van der Waals surface area contributed by atoms with Gasteiger partial charge in [-0.25, -0.2) is 4.79 Å². The number of carbonyl (C=O) groups excluding carboxylic acids is 3. The van der Waals surface area contributed by atoms with Gasteiger partial charge in [0, 0.05) is 18.3 Å². The lowest BCUT2D eigenvalue weighted by atomic mass is 9.79. The van der Waals surface area contributed by atoms with E-state index in [0.717, 1.165) is 0 Å². The standard InChI is InChI=1S/C16H20N2O5.ClH/c1-7-9(13(19)22-5)11(17)8(2)10-12(7)18(4)14(20)16(10,3)15(21)23-6;/h17H2,1-6H3;1H. The minimum atomic E-state index is -1.49. The Kier molecular flexibility index (Phi) is 5.20. The van der Waals surface area contributed by atoms with Crippen LogP contribution >= 0.6 is 12.4 Å². The molecule has 0 saturated carbocycles. The third kappa shape index (κ3) is 2.23. The Bertz CT molecular complexity index is 747. The SMILES string of the molecule is COC(=O)c1c(C)c2c(c(C)c1N)C(C)(C(=O)OC)C(=O)N2C.Cl. The molecule has 0 bridgehead atoms. The Morgan fingerprint density at radius 2 is 1.67 bits per heavy atom. The zero-order valence-corrected chi connectivity index (χ0v) is 15.3. The number of fused-ring (bicyclic) bond motifs is 1. The van der Waals surface area contributed by atoms with Crippen molar-refractivity contribution < 1.29 is 23.9 Å². The summed E-state index contributed by atoms with van der Waals surface area (Å²) in [6, 6.07) is 0. The third-order valence-electron chi connectivity index (χ3n) is 4.57. The zero-order chi connectivity index (χ0) is 17.7. The molecule has 1 aromatic carbocycles. The summed E-state index contributed by atoms with van der Waals surface area (Å²) in [5.74, 6) is -1.67. The molecular weight excluding hydrogens is 336 g/mol. The highest BCUT2D eigenvalue weighted by molar-refractivity contribution is 6.22. The Morgan fingerprint density at radius 3 is 2.12 bits per heavy atom. The first-order valence-corrected chi connectivity index (χ1v) is 7.02. The van der Waals surface area contributed by atoms with Crippen LogP contribution in [-0.2, 0) is 24.5 Å². The van der Waals surface area contributed by atoms with Gasteiger partial charge in [0.2, 0.25) is 5.91 Å². The summed E-state index contributed by atoms with van der Waals surface area (Å²) in [5, 5.41) is 0. The number of nitrogen functional groups attached to an aromatic ring is 1.